The zero-order valence-electron chi connectivity index (χ0n) is 21.7. The SMILES string of the molecule is C=C(/C=C\C(=C/C)C1CCNCC1)NC(=C)/N=C\c1c(C)c(C(C)=O)c(=O)n(C2CCCC2)c1C. The summed E-state index contributed by atoms with van der Waals surface area (Å²) in [5, 5.41) is 6.55. The number of piperidine rings is 1. The lowest BCUT2D eigenvalue weighted by Gasteiger charge is -2.23. The summed E-state index contributed by atoms with van der Waals surface area (Å²) < 4.78 is 1.81. The van der Waals surface area contributed by atoms with Crippen molar-refractivity contribution in [3.8, 4) is 0 Å². The summed E-state index contributed by atoms with van der Waals surface area (Å²) in [6, 6.07) is 0.139. The van der Waals surface area contributed by atoms with Crippen molar-refractivity contribution in [2.45, 2.75) is 72.3 Å². The summed E-state index contributed by atoms with van der Waals surface area (Å²) in [4.78, 5) is 30.0. The molecule has 6 nitrogen and oxygen atoms in total. The van der Waals surface area contributed by atoms with Crippen LogP contribution in [0.1, 0.15) is 85.6 Å². The average Bonchev–Trinajstić information content (AvgIpc) is 3.34. The first-order valence-electron chi connectivity index (χ1n) is 12.7. The zero-order valence-corrected chi connectivity index (χ0v) is 21.7. The third-order valence-corrected chi connectivity index (χ3v) is 7.28. The van der Waals surface area contributed by atoms with E-state index in [0.717, 1.165) is 62.9 Å². The Balaban J connectivity index is 1.77. The van der Waals surface area contributed by atoms with E-state index >= 15 is 0 Å². The fourth-order valence-electron chi connectivity index (χ4n) is 5.40. The second-order valence-electron chi connectivity index (χ2n) is 9.67. The zero-order chi connectivity index (χ0) is 25.5. The van der Waals surface area contributed by atoms with E-state index in [1.807, 2.05) is 24.5 Å². The van der Waals surface area contributed by atoms with Crippen LogP contribution >= 0.6 is 0 Å². The second-order valence-corrected chi connectivity index (χ2v) is 9.67. The molecule has 0 aromatic carbocycles. The first kappa shape index (κ1) is 26.6. The van der Waals surface area contributed by atoms with E-state index in [0.29, 0.717) is 23.0 Å². The largest absolute Gasteiger partial charge is 0.341 e. The van der Waals surface area contributed by atoms with Crippen molar-refractivity contribution < 1.29 is 4.79 Å². The quantitative estimate of drug-likeness (QED) is 0.289. The van der Waals surface area contributed by atoms with Gasteiger partial charge in [-0.05, 0) is 89.6 Å². The highest BCUT2D eigenvalue weighted by atomic mass is 16.1. The van der Waals surface area contributed by atoms with Crippen molar-refractivity contribution >= 4 is 12.0 Å². The van der Waals surface area contributed by atoms with E-state index in [2.05, 4.69) is 47.9 Å². The molecule has 6 heteroatoms. The number of Topliss-reactive ketones (excluding diaryl/α,β-unsaturated/α-hetero) is 1. The van der Waals surface area contributed by atoms with Crippen LogP contribution < -0.4 is 16.2 Å². The van der Waals surface area contributed by atoms with E-state index in [4.69, 9.17) is 0 Å². The molecule has 0 atom stereocenters. The van der Waals surface area contributed by atoms with E-state index < -0.39 is 0 Å². The van der Waals surface area contributed by atoms with Gasteiger partial charge in [-0.25, -0.2) is 4.99 Å². The predicted octanol–water partition coefficient (Wildman–Crippen LogP) is 5.28. The molecular formula is C29H40N4O2. The topological polar surface area (TPSA) is 75.5 Å². The third-order valence-electron chi connectivity index (χ3n) is 7.28. The standard InChI is InChI=1S/C29H40N4O2/c1-7-24(25-14-16-30-17-15-25)13-12-19(2)32-23(6)31-18-27-20(3)28(22(5)34)29(35)33(21(27)4)26-10-8-9-11-26/h7,12-13,18,25-26,30,32H,2,6,8-11,14-17H2,1,3-5H3/b13-12-,24-7+,31-18-. The van der Waals surface area contributed by atoms with Crippen LogP contribution in [0.15, 0.2) is 58.3 Å². The van der Waals surface area contributed by atoms with Gasteiger partial charge in [0, 0.05) is 29.2 Å². The van der Waals surface area contributed by atoms with Crippen LogP contribution in [0.4, 0.5) is 0 Å². The van der Waals surface area contributed by atoms with Crippen LogP contribution in [0.2, 0.25) is 0 Å². The average molecular weight is 477 g/mol. The molecule has 1 aliphatic carbocycles. The maximum absolute atomic E-state index is 13.2. The fourth-order valence-corrected chi connectivity index (χ4v) is 5.40. The van der Waals surface area contributed by atoms with Crippen molar-refractivity contribution in [3.05, 3.63) is 81.2 Å². The van der Waals surface area contributed by atoms with Gasteiger partial charge >= 0.3 is 0 Å². The van der Waals surface area contributed by atoms with Gasteiger partial charge in [0.15, 0.2) is 5.78 Å². The highest BCUT2D eigenvalue weighted by molar-refractivity contribution is 5.98. The summed E-state index contributed by atoms with van der Waals surface area (Å²) in [7, 11) is 0. The molecule has 2 aliphatic rings. The molecule has 2 N–H and O–H groups in total. The number of hydrogen-bond acceptors (Lipinski definition) is 5. The molecule has 1 aromatic rings. The molecule has 1 saturated heterocycles. The summed E-state index contributed by atoms with van der Waals surface area (Å²) in [6.45, 7) is 17.5. The molecule has 1 aromatic heterocycles. The Hall–Kier alpha value is -2.99. The number of pyridine rings is 1. The Morgan fingerprint density at radius 3 is 2.37 bits per heavy atom. The molecule has 0 amide bonds. The Bertz CT molecular complexity index is 1120. The van der Waals surface area contributed by atoms with E-state index in [9.17, 15) is 9.59 Å². The fraction of sp³-hybridized carbons (Fsp3) is 0.483. The molecule has 2 heterocycles. The minimum absolute atomic E-state index is 0.139. The van der Waals surface area contributed by atoms with Crippen molar-refractivity contribution in [1.29, 1.82) is 0 Å². The Kier molecular flexibility index (Phi) is 9.21. The summed E-state index contributed by atoms with van der Waals surface area (Å²) in [5.41, 5.74) is 4.42. The van der Waals surface area contributed by atoms with Gasteiger partial charge in [-0.15, -0.1) is 0 Å². The van der Waals surface area contributed by atoms with E-state index in [-0.39, 0.29) is 22.9 Å². The van der Waals surface area contributed by atoms with Gasteiger partial charge in [0.25, 0.3) is 5.56 Å². The third kappa shape index (κ3) is 6.37. The molecule has 0 bridgehead atoms. The van der Waals surface area contributed by atoms with Crippen LogP contribution in [0.3, 0.4) is 0 Å². The first-order valence-corrected chi connectivity index (χ1v) is 12.7. The number of ketones is 1. The first-order chi connectivity index (χ1) is 16.7. The van der Waals surface area contributed by atoms with E-state index in [1.165, 1.54) is 12.5 Å². The van der Waals surface area contributed by atoms with E-state index in [1.54, 1.807) is 6.21 Å². The predicted molar refractivity (Wildman–Crippen MR) is 145 cm³/mol. The Morgan fingerprint density at radius 2 is 1.77 bits per heavy atom. The van der Waals surface area contributed by atoms with Gasteiger partial charge in [-0.1, -0.05) is 38.2 Å². The minimum Gasteiger partial charge on any atom is -0.341 e. The number of aromatic nitrogens is 1. The van der Waals surface area contributed by atoms with Crippen LogP contribution in [0.25, 0.3) is 0 Å². The maximum Gasteiger partial charge on any atom is 0.262 e. The van der Waals surface area contributed by atoms with Gasteiger partial charge in [-0.3, -0.25) is 9.59 Å². The van der Waals surface area contributed by atoms with Crippen molar-refractivity contribution in [2.75, 3.05) is 13.1 Å². The highest BCUT2D eigenvalue weighted by Crippen LogP contribution is 2.30. The number of rotatable bonds is 9. The molecule has 0 radical (unpaired) electrons. The van der Waals surface area contributed by atoms with Crippen LogP contribution in [-0.2, 0) is 0 Å². The summed E-state index contributed by atoms with van der Waals surface area (Å²) >= 11 is 0. The minimum atomic E-state index is -0.210. The Morgan fingerprint density at radius 1 is 1.11 bits per heavy atom. The highest BCUT2D eigenvalue weighted by Gasteiger charge is 2.25. The smallest absolute Gasteiger partial charge is 0.262 e. The van der Waals surface area contributed by atoms with Gasteiger partial charge in [0.05, 0.1) is 5.56 Å². The molecule has 1 saturated carbocycles. The Labute approximate surface area is 209 Å². The number of aliphatic imine (C=N–C) groups is 1. The molecule has 188 valence electrons. The molecule has 0 unspecified atom stereocenters. The van der Waals surface area contributed by atoms with Gasteiger partial charge < -0.3 is 15.2 Å². The molecule has 0 spiro atoms. The molecule has 2 fully saturated rings. The number of nitrogens with one attached hydrogen (secondary N) is 2. The summed E-state index contributed by atoms with van der Waals surface area (Å²) in [5.74, 6) is 0.812. The normalized spacial score (nSPS) is 18.0. The van der Waals surface area contributed by atoms with Crippen LogP contribution in [0.5, 0.6) is 0 Å². The van der Waals surface area contributed by atoms with Crippen molar-refractivity contribution in [1.82, 2.24) is 15.2 Å². The van der Waals surface area contributed by atoms with Crippen molar-refractivity contribution in [2.24, 2.45) is 10.9 Å². The molecular weight excluding hydrogens is 436 g/mol. The second kappa shape index (κ2) is 12.1. The van der Waals surface area contributed by atoms with Crippen molar-refractivity contribution in [3.63, 3.8) is 0 Å². The number of carbonyl (C=O) groups excluding carboxylic acids is 1. The lowest BCUT2D eigenvalue weighted by Crippen LogP contribution is -2.32. The number of carbonyl (C=O) groups is 1. The van der Waals surface area contributed by atoms with Crippen LogP contribution in [-0.4, -0.2) is 29.7 Å². The monoisotopic (exact) mass is 476 g/mol. The van der Waals surface area contributed by atoms with Crippen LogP contribution in [0, 0.1) is 19.8 Å². The molecule has 35 heavy (non-hydrogen) atoms. The number of nitrogens with zero attached hydrogens (tertiary/aromatic N) is 2. The van der Waals surface area contributed by atoms with Gasteiger partial charge in [0.2, 0.25) is 0 Å². The molecule has 1 aliphatic heterocycles. The van der Waals surface area contributed by atoms with Gasteiger partial charge in [0.1, 0.15) is 5.82 Å². The molecule has 3 rings (SSSR count). The number of hydrogen-bond donors (Lipinski definition) is 2. The van der Waals surface area contributed by atoms with Gasteiger partial charge in [-0.2, -0.15) is 0 Å². The summed E-state index contributed by atoms with van der Waals surface area (Å²) in [6.07, 6.45) is 14.4. The maximum atomic E-state index is 13.2. The lowest BCUT2D eigenvalue weighted by atomic mass is 9.89. The lowest BCUT2D eigenvalue weighted by molar-refractivity contribution is 0.101. The number of allylic oxidation sites excluding steroid dienone is 4.